The monoisotopic (exact) mass is 351 g/mol. The van der Waals surface area contributed by atoms with Gasteiger partial charge in [0.05, 0.1) is 12.0 Å². The van der Waals surface area contributed by atoms with E-state index in [1.807, 2.05) is 12.3 Å². The summed E-state index contributed by atoms with van der Waals surface area (Å²) in [6, 6.07) is 5.06. The normalized spacial score (nSPS) is 10.9. The zero-order valence-corrected chi connectivity index (χ0v) is 12.9. The molecule has 0 saturated heterocycles. The summed E-state index contributed by atoms with van der Waals surface area (Å²) in [6.45, 7) is 1.95. The van der Waals surface area contributed by atoms with Crippen LogP contribution in [0.5, 0.6) is 5.75 Å². The van der Waals surface area contributed by atoms with Crippen LogP contribution in [-0.4, -0.2) is 20.2 Å². The molecule has 3 aromatic rings. The molecule has 20 heavy (non-hydrogen) atoms. The Morgan fingerprint density at radius 1 is 1.35 bits per heavy atom. The van der Waals surface area contributed by atoms with E-state index in [1.165, 1.54) is 0 Å². The summed E-state index contributed by atoms with van der Waals surface area (Å²) < 4.78 is 6.03. The molecular weight excluding hydrogens is 342 g/mol. The molecule has 0 bridgehead atoms. The first kappa shape index (κ1) is 13.3. The molecule has 0 aliphatic rings. The van der Waals surface area contributed by atoms with Gasteiger partial charge in [0.1, 0.15) is 10.8 Å². The minimum atomic E-state index is 0.105. The van der Waals surface area contributed by atoms with Crippen molar-refractivity contribution in [1.82, 2.24) is 15.1 Å². The SMILES string of the molecule is Cc1csc(Cc2noc(-c3cc(Br)ccc3O)n2)n1. The molecule has 7 heteroatoms. The Morgan fingerprint density at radius 2 is 2.20 bits per heavy atom. The summed E-state index contributed by atoms with van der Waals surface area (Å²) in [5.41, 5.74) is 1.49. The van der Waals surface area contributed by atoms with Crippen molar-refractivity contribution in [2.75, 3.05) is 0 Å². The average Bonchev–Trinajstić information content (AvgIpc) is 3.02. The fourth-order valence-electron chi connectivity index (χ4n) is 1.73. The van der Waals surface area contributed by atoms with E-state index in [1.54, 1.807) is 29.5 Å². The smallest absolute Gasteiger partial charge is 0.261 e. The molecule has 0 unspecified atom stereocenters. The third-order valence-electron chi connectivity index (χ3n) is 2.63. The number of thiazole rings is 1. The second-order valence-corrected chi connectivity index (χ2v) is 6.09. The van der Waals surface area contributed by atoms with Crippen LogP contribution in [0.15, 0.2) is 32.6 Å². The first-order valence-corrected chi connectivity index (χ1v) is 7.51. The molecule has 102 valence electrons. The van der Waals surface area contributed by atoms with E-state index in [4.69, 9.17) is 4.52 Å². The maximum Gasteiger partial charge on any atom is 0.261 e. The molecular formula is C13H10BrN3O2S. The molecule has 0 atom stereocenters. The van der Waals surface area contributed by atoms with Crippen LogP contribution in [0, 0.1) is 6.92 Å². The molecule has 0 amide bonds. The fourth-order valence-corrected chi connectivity index (χ4v) is 2.86. The number of hydrogen-bond acceptors (Lipinski definition) is 6. The van der Waals surface area contributed by atoms with Crippen molar-refractivity contribution in [3.63, 3.8) is 0 Å². The minimum absolute atomic E-state index is 0.105. The van der Waals surface area contributed by atoms with Gasteiger partial charge in [0, 0.05) is 15.5 Å². The molecule has 2 aromatic heterocycles. The zero-order chi connectivity index (χ0) is 14.1. The lowest BCUT2D eigenvalue weighted by Gasteiger charge is -1.99. The van der Waals surface area contributed by atoms with E-state index in [0.717, 1.165) is 15.2 Å². The molecule has 2 heterocycles. The summed E-state index contributed by atoms with van der Waals surface area (Å²) in [6.07, 6.45) is 0.525. The minimum Gasteiger partial charge on any atom is -0.507 e. The second kappa shape index (κ2) is 5.34. The summed E-state index contributed by atoms with van der Waals surface area (Å²) in [4.78, 5) is 8.65. The number of aromatic hydroxyl groups is 1. The number of aryl methyl sites for hydroxylation is 1. The van der Waals surface area contributed by atoms with Crippen LogP contribution in [-0.2, 0) is 6.42 Å². The van der Waals surface area contributed by atoms with Gasteiger partial charge in [0.25, 0.3) is 5.89 Å². The predicted molar refractivity (Wildman–Crippen MR) is 78.8 cm³/mol. The highest BCUT2D eigenvalue weighted by Gasteiger charge is 2.14. The Labute approximate surface area is 127 Å². The van der Waals surface area contributed by atoms with Crippen LogP contribution in [0.4, 0.5) is 0 Å². The second-order valence-electron chi connectivity index (χ2n) is 4.24. The number of phenolic OH excluding ortho intramolecular Hbond substituents is 1. The van der Waals surface area contributed by atoms with Crippen molar-refractivity contribution in [2.45, 2.75) is 13.3 Å². The molecule has 0 saturated carbocycles. The lowest BCUT2D eigenvalue weighted by Crippen LogP contribution is -1.90. The summed E-state index contributed by atoms with van der Waals surface area (Å²) in [5, 5.41) is 16.7. The number of aromatic nitrogens is 3. The van der Waals surface area contributed by atoms with Crippen molar-refractivity contribution in [3.05, 3.63) is 44.6 Å². The number of rotatable bonds is 3. The van der Waals surface area contributed by atoms with Gasteiger partial charge in [-0.05, 0) is 25.1 Å². The fraction of sp³-hybridized carbons (Fsp3) is 0.154. The third kappa shape index (κ3) is 2.73. The maximum absolute atomic E-state index is 9.83. The molecule has 5 nitrogen and oxygen atoms in total. The van der Waals surface area contributed by atoms with Crippen LogP contribution in [0.25, 0.3) is 11.5 Å². The number of hydrogen-bond donors (Lipinski definition) is 1. The molecule has 0 aliphatic carbocycles. The molecule has 1 aromatic carbocycles. The van der Waals surface area contributed by atoms with Crippen LogP contribution >= 0.6 is 27.3 Å². The van der Waals surface area contributed by atoms with Gasteiger partial charge in [-0.2, -0.15) is 4.98 Å². The van der Waals surface area contributed by atoms with Gasteiger partial charge in [-0.1, -0.05) is 21.1 Å². The molecule has 0 fully saturated rings. The number of halogens is 1. The lowest BCUT2D eigenvalue weighted by atomic mass is 10.2. The molecule has 0 aliphatic heterocycles. The first-order valence-electron chi connectivity index (χ1n) is 5.84. The van der Waals surface area contributed by atoms with Gasteiger partial charge in [-0.15, -0.1) is 11.3 Å². The Morgan fingerprint density at radius 3 is 2.95 bits per heavy atom. The highest BCUT2D eigenvalue weighted by molar-refractivity contribution is 9.10. The zero-order valence-electron chi connectivity index (χ0n) is 10.5. The van der Waals surface area contributed by atoms with Crippen molar-refractivity contribution in [1.29, 1.82) is 0 Å². The predicted octanol–water partition coefficient (Wildman–Crippen LogP) is 3.56. The van der Waals surface area contributed by atoms with E-state index in [0.29, 0.717) is 23.7 Å². The number of nitrogens with zero attached hydrogens (tertiary/aromatic N) is 3. The van der Waals surface area contributed by atoms with E-state index in [-0.39, 0.29) is 5.75 Å². The van der Waals surface area contributed by atoms with Crippen molar-refractivity contribution in [3.8, 4) is 17.2 Å². The number of phenols is 1. The van der Waals surface area contributed by atoms with Gasteiger partial charge in [0.2, 0.25) is 0 Å². The molecule has 3 rings (SSSR count). The van der Waals surface area contributed by atoms with Crippen LogP contribution in [0.1, 0.15) is 16.5 Å². The lowest BCUT2D eigenvalue weighted by molar-refractivity contribution is 0.418. The standard InChI is InChI=1S/C13H10BrN3O2S/c1-7-6-20-12(15-7)5-11-16-13(19-17-11)9-4-8(14)2-3-10(9)18/h2-4,6,18H,5H2,1H3. The topological polar surface area (TPSA) is 72.0 Å². The van der Waals surface area contributed by atoms with Crippen LogP contribution < -0.4 is 0 Å². The first-order chi connectivity index (χ1) is 9.61. The quantitative estimate of drug-likeness (QED) is 0.780. The Bertz CT molecular complexity index is 754. The largest absolute Gasteiger partial charge is 0.507 e. The van der Waals surface area contributed by atoms with Gasteiger partial charge in [-0.25, -0.2) is 4.98 Å². The highest BCUT2D eigenvalue weighted by atomic mass is 79.9. The van der Waals surface area contributed by atoms with Gasteiger partial charge in [0.15, 0.2) is 5.82 Å². The van der Waals surface area contributed by atoms with Gasteiger partial charge in [-0.3, -0.25) is 0 Å². The van der Waals surface area contributed by atoms with Crippen LogP contribution in [0.3, 0.4) is 0 Å². The van der Waals surface area contributed by atoms with E-state index in [2.05, 4.69) is 31.1 Å². The van der Waals surface area contributed by atoms with E-state index in [9.17, 15) is 5.11 Å². The van der Waals surface area contributed by atoms with Crippen molar-refractivity contribution >= 4 is 27.3 Å². The summed E-state index contributed by atoms with van der Waals surface area (Å²) >= 11 is 4.91. The molecule has 0 spiro atoms. The Balaban J connectivity index is 1.88. The van der Waals surface area contributed by atoms with E-state index < -0.39 is 0 Å². The van der Waals surface area contributed by atoms with Crippen molar-refractivity contribution in [2.24, 2.45) is 0 Å². The van der Waals surface area contributed by atoms with Crippen LogP contribution in [0.2, 0.25) is 0 Å². The molecule has 0 radical (unpaired) electrons. The van der Waals surface area contributed by atoms with Gasteiger partial charge >= 0.3 is 0 Å². The summed E-state index contributed by atoms with van der Waals surface area (Å²) in [7, 11) is 0. The highest BCUT2D eigenvalue weighted by Crippen LogP contribution is 2.30. The average molecular weight is 352 g/mol. The Kier molecular flexibility index (Phi) is 3.54. The van der Waals surface area contributed by atoms with Crippen molar-refractivity contribution < 1.29 is 9.63 Å². The maximum atomic E-state index is 9.83. The Hall–Kier alpha value is -1.73. The van der Waals surface area contributed by atoms with E-state index >= 15 is 0 Å². The third-order valence-corrected chi connectivity index (χ3v) is 4.09. The molecule has 1 N–H and O–H groups in total. The number of benzene rings is 1. The summed E-state index contributed by atoms with van der Waals surface area (Å²) in [5.74, 6) is 0.953. The van der Waals surface area contributed by atoms with Gasteiger partial charge < -0.3 is 9.63 Å².